The molecule has 1 atom stereocenters. The third kappa shape index (κ3) is 3.98. The number of fused-ring (bicyclic) bond motifs is 1. The highest BCUT2D eigenvalue weighted by Gasteiger charge is 2.16. The van der Waals surface area contributed by atoms with Crippen molar-refractivity contribution in [3.8, 4) is 22.1 Å². The molecule has 0 saturated heterocycles. The van der Waals surface area contributed by atoms with Crippen molar-refractivity contribution in [2.24, 2.45) is 0 Å². The highest BCUT2D eigenvalue weighted by atomic mass is 32.1. The summed E-state index contributed by atoms with van der Waals surface area (Å²) in [5.41, 5.74) is 3.24. The molecule has 1 aliphatic heterocycles. The highest BCUT2D eigenvalue weighted by Crippen LogP contribution is 2.36. The fourth-order valence-corrected chi connectivity index (χ4v) is 4.08. The molecular weight excluding hydrogens is 386 g/mol. The molecule has 3 heterocycles. The molecule has 4 aromatic rings. The summed E-state index contributed by atoms with van der Waals surface area (Å²) >= 11 is 1.63. The molecule has 0 amide bonds. The first kappa shape index (κ1) is 17.8. The summed E-state index contributed by atoms with van der Waals surface area (Å²) in [6.45, 7) is 1.64. The van der Waals surface area contributed by atoms with Crippen molar-refractivity contribution >= 4 is 11.3 Å². The van der Waals surface area contributed by atoms with Crippen molar-refractivity contribution in [2.45, 2.75) is 19.1 Å². The van der Waals surface area contributed by atoms with Gasteiger partial charge in [0.05, 0.1) is 18.3 Å². The summed E-state index contributed by atoms with van der Waals surface area (Å²) in [6, 6.07) is 16.4. The Hall–Kier alpha value is -3.23. The normalized spacial score (nSPS) is 13.5. The van der Waals surface area contributed by atoms with Crippen molar-refractivity contribution in [3.05, 3.63) is 77.8 Å². The predicted octanol–water partition coefficient (Wildman–Crippen LogP) is 3.66. The number of ether oxygens (including phenoxy) is 2. The third-order valence-corrected chi connectivity index (χ3v) is 5.68. The summed E-state index contributed by atoms with van der Waals surface area (Å²) in [5.74, 6) is 1.56. The molecule has 0 spiro atoms. The van der Waals surface area contributed by atoms with Gasteiger partial charge < -0.3 is 14.8 Å². The van der Waals surface area contributed by atoms with E-state index in [1.54, 1.807) is 24.0 Å². The van der Waals surface area contributed by atoms with Gasteiger partial charge in [0, 0.05) is 17.5 Å². The van der Waals surface area contributed by atoms with Crippen molar-refractivity contribution in [1.82, 2.24) is 25.1 Å². The second kappa shape index (κ2) is 8.02. The lowest BCUT2D eigenvalue weighted by molar-refractivity contribution is 0.174. The standard InChI is InChI=1S/C21H19N5O2S/c1-2-4-15(5-3-1)18(10-26-13-22-12-24-26)23-9-17-11-29-21(25-17)16-6-7-19-20(8-16)28-14-27-19/h1-8,11-13,18,23H,9-10,14H2. The molecule has 1 aliphatic rings. The summed E-state index contributed by atoms with van der Waals surface area (Å²) in [5, 5.41) is 10.9. The van der Waals surface area contributed by atoms with Gasteiger partial charge in [-0.3, -0.25) is 4.68 Å². The molecule has 2 aromatic carbocycles. The van der Waals surface area contributed by atoms with Crippen LogP contribution >= 0.6 is 11.3 Å². The van der Waals surface area contributed by atoms with Crippen molar-refractivity contribution in [3.63, 3.8) is 0 Å². The number of aromatic nitrogens is 4. The van der Waals surface area contributed by atoms with E-state index in [2.05, 4.69) is 32.9 Å². The molecule has 0 saturated carbocycles. The number of hydrogen-bond donors (Lipinski definition) is 1. The molecule has 8 heteroatoms. The van der Waals surface area contributed by atoms with Crippen LogP contribution in [0.3, 0.4) is 0 Å². The van der Waals surface area contributed by atoms with Gasteiger partial charge in [0.2, 0.25) is 6.79 Å². The van der Waals surface area contributed by atoms with Gasteiger partial charge in [-0.25, -0.2) is 9.97 Å². The van der Waals surface area contributed by atoms with Gasteiger partial charge in [-0.1, -0.05) is 30.3 Å². The molecule has 0 aliphatic carbocycles. The maximum atomic E-state index is 5.47. The van der Waals surface area contributed by atoms with Crippen molar-refractivity contribution < 1.29 is 9.47 Å². The average Bonchev–Trinajstić information content (AvgIpc) is 3.53. The van der Waals surface area contributed by atoms with E-state index in [4.69, 9.17) is 14.5 Å². The van der Waals surface area contributed by atoms with E-state index in [-0.39, 0.29) is 12.8 Å². The van der Waals surface area contributed by atoms with Gasteiger partial charge in [0.1, 0.15) is 17.7 Å². The molecule has 7 nitrogen and oxygen atoms in total. The lowest BCUT2D eigenvalue weighted by atomic mass is 10.1. The molecule has 29 heavy (non-hydrogen) atoms. The summed E-state index contributed by atoms with van der Waals surface area (Å²) in [6.07, 6.45) is 3.29. The Bertz CT molecular complexity index is 1080. The van der Waals surface area contributed by atoms with E-state index in [0.29, 0.717) is 13.1 Å². The zero-order chi connectivity index (χ0) is 19.5. The van der Waals surface area contributed by atoms with Crippen LogP contribution in [-0.4, -0.2) is 26.5 Å². The molecule has 2 aromatic heterocycles. The highest BCUT2D eigenvalue weighted by molar-refractivity contribution is 7.13. The van der Waals surface area contributed by atoms with Crippen LogP contribution < -0.4 is 14.8 Å². The summed E-state index contributed by atoms with van der Waals surface area (Å²) in [4.78, 5) is 8.84. The van der Waals surface area contributed by atoms with Crippen LogP contribution in [0, 0.1) is 0 Å². The molecule has 146 valence electrons. The van der Waals surface area contributed by atoms with Crippen LogP contribution in [0.4, 0.5) is 0 Å². The first-order valence-corrected chi connectivity index (χ1v) is 10.2. The molecule has 1 N–H and O–H groups in total. The number of nitrogens with zero attached hydrogens (tertiary/aromatic N) is 4. The van der Waals surface area contributed by atoms with E-state index in [0.717, 1.165) is 27.8 Å². The van der Waals surface area contributed by atoms with Gasteiger partial charge >= 0.3 is 0 Å². The first-order valence-electron chi connectivity index (χ1n) is 9.30. The Morgan fingerprint density at radius 2 is 2.00 bits per heavy atom. The molecule has 0 fully saturated rings. The number of benzene rings is 2. The van der Waals surface area contributed by atoms with Crippen LogP contribution in [0.2, 0.25) is 0 Å². The molecule has 0 radical (unpaired) electrons. The second-order valence-electron chi connectivity index (χ2n) is 6.67. The molecule has 1 unspecified atom stereocenters. The average molecular weight is 405 g/mol. The van der Waals surface area contributed by atoms with E-state index in [9.17, 15) is 0 Å². The van der Waals surface area contributed by atoms with Crippen LogP contribution in [-0.2, 0) is 13.1 Å². The minimum absolute atomic E-state index is 0.105. The Kier molecular flexibility index (Phi) is 4.93. The van der Waals surface area contributed by atoms with Crippen LogP contribution in [0.5, 0.6) is 11.5 Å². The quantitative estimate of drug-likeness (QED) is 0.506. The zero-order valence-corrected chi connectivity index (χ0v) is 16.4. The van der Waals surface area contributed by atoms with Crippen LogP contribution in [0.1, 0.15) is 17.3 Å². The van der Waals surface area contributed by atoms with Crippen molar-refractivity contribution in [2.75, 3.05) is 6.79 Å². The smallest absolute Gasteiger partial charge is 0.231 e. The Morgan fingerprint density at radius 1 is 1.10 bits per heavy atom. The summed E-state index contributed by atoms with van der Waals surface area (Å²) < 4.78 is 12.7. The lowest BCUT2D eigenvalue weighted by Crippen LogP contribution is -2.25. The molecule has 0 bridgehead atoms. The first-order chi connectivity index (χ1) is 14.3. The third-order valence-electron chi connectivity index (χ3n) is 4.74. The monoisotopic (exact) mass is 405 g/mol. The van der Waals surface area contributed by atoms with E-state index in [1.807, 2.05) is 41.1 Å². The Balaban J connectivity index is 1.30. The van der Waals surface area contributed by atoms with Crippen LogP contribution in [0.15, 0.2) is 66.6 Å². The minimum Gasteiger partial charge on any atom is -0.454 e. The lowest BCUT2D eigenvalue weighted by Gasteiger charge is -2.18. The van der Waals surface area contributed by atoms with Crippen molar-refractivity contribution in [1.29, 1.82) is 0 Å². The van der Waals surface area contributed by atoms with Gasteiger partial charge in [0.25, 0.3) is 0 Å². The van der Waals surface area contributed by atoms with Gasteiger partial charge in [-0.05, 0) is 23.8 Å². The number of rotatable bonds is 7. The molecule has 5 rings (SSSR count). The summed E-state index contributed by atoms with van der Waals surface area (Å²) in [7, 11) is 0. The van der Waals surface area contributed by atoms with Gasteiger partial charge in [-0.2, -0.15) is 5.10 Å². The second-order valence-corrected chi connectivity index (χ2v) is 7.53. The van der Waals surface area contributed by atoms with E-state index >= 15 is 0 Å². The van der Waals surface area contributed by atoms with E-state index < -0.39 is 0 Å². The number of thiazole rings is 1. The zero-order valence-electron chi connectivity index (χ0n) is 15.6. The topological polar surface area (TPSA) is 74.1 Å². The largest absolute Gasteiger partial charge is 0.454 e. The molecular formula is C21H19N5O2S. The maximum absolute atomic E-state index is 5.47. The van der Waals surface area contributed by atoms with Gasteiger partial charge in [0.15, 0.2) is 11.5 Å². The Morgan fingerprint density at radius 3 is 2.86 bits per heavy atom. The van der Waals surface area contributed by atoms with E-state index in [1.165, 1.54) is 5.56 Å². The minimum atomic E-state index is 0.105. The fourth-order valence-electron chi connectivity index (χ4n) is 3.27. The number of hydrogen-bond acceptors (Lipinski definition) is 7. The fraction of sp³-hybridized carbons (Fsp3) is 0.190. The van der Waals surface area contributed by atoms with Gasteiger partial charge in [-0.15, -0.1) is 11.3 Å². The number of nitrogens with one attached hydrogen (secondary N) is 1. The Labute approximate surface area is 172 Å². The van der Waals surface area contributed by atoms with Crippen LogP contribution in [0.25, 0.3) is 10.6 Å². The predicted molar refractivity (Wildman–Crippen MR) is 110 cm³/mol. The maximum Gasteiger partial charge on any atom is 0.231 e. The SMILES string of the molecule is c1ccc(C(Cn2cncn2)NCc2csc(-c3ccc4c(c3)OCO4)n2)cc1.